The van der Waals surface area contributed by atoms with Gasteiger partial charge in [-0.2, -0.15) is 0 Å². The summed E-state index contributed by atoms with van der Waals surface area (Å²) in [5.74, 6) is 0.871. The molecule has 1 heterocycles. The molecule has 1 saturated heterocycles. The molecule has 0 saturated carbocycles. The van der Waals surface area contributed by atoms with E-state index in [1.807, 2.05) is 24.3 Å². The third-order valence-corrected chi connectivity index (χ3v) is 4.57. The maximum atomic E-state index is 12.3. The van der Waals surface area contributed by atoms with Crippen molar-refractivity contribution in [2.45, 2.75) is 31.8 Å². The average Bonchev–Trinajstić information content (AvgIpc) is 3.13. The van der Waals surface area contributed by atoms with Crippen LogP contribution < -0.4 is 20.9 Å². The second-order valence-corrected chi connectivity index (χ2v) is 6.43. The summed E-state index contributed by atoms with van der Waals surface area (Å²) in [6.45, 7) is 2.72. The van der Waals surface area contributed by atoms with Crippen LogP contribution in [0.25, 0.3) is 0 Å². The van der Waals surface area contributed by atoms with E-state index in [4.69, 9.17) is 4.74 Å². The van der Waals surface area contributed by atoms with Crippen molar-refractivity contribution in [3.8, 4) is 5.75 Å². The first-order chi connectivity index (χ1) is 12.2. The molecule has 1 fully saturated rings. The molecule has 1 aliphatic heterocycles. The molecule has 25 heavy (non-hydrogen) atoms. The van der Waals surface area contributed by atoms with Crippen LogP contribution in [0.15, 0.2) is 48.5 Å². The van der Waals surface area contributed by atoms with Crippen molar-refractivity contribution < 1.29 is 9.53 Å². The third kappa shape index (κ3) is 4.59. The number of ether oxygens (including phenoxy) is 1. The molecule has 2 unspecified atom stereocenters. The van der Waals surface area contributed by atoms with Gasteiger partial charge in [-0.1, -0.05) is 42.0 Å². The molecule has 2 atom stereocenters. The zero-order chi connectivity index (χ0) is 17.6. The Balaban J connectivity index is 1.46. The Kier molecular flexibility index (Phi) is 5.68. The van der Waals surface area contributed by atoms with Gasteiger partial charge in [0.05, 0.1) is 7.11 Å². The molecule has 5 heteroatoms. The molecule has 0 radical (unpaired) electrons. The van der Waals surface area contributed by atoms with Crippen LogP contribution in [-0.2, 0) is 11.2 Å². The van der Waals surface area contributed by atoms with Gasteiger partial charge in [0.25, 0.3) is 0 Å². The Bertz CT molecular complexity index is 698. The van der Waals surface area contributed by atoms with Gasteiger partial charge in [0.15, 0.2) is 0 Å². The topological polar surface area (TPSA) is 62.4 Å². The highest BCUT2D eigenvalue weighted by Crippen LogP contribution is 2.24. The zero-order valence-electron chi connectivity index (χ0n) is 14.7. The molecule has 132 valence electrons. The van der Waals surface area contributed by atoms with Crippen molar-refractivity contribution in [2.24, 2.45) is 0 Å². The van der Waals surface area contributed by atoms with Crippen molar-refractivity contribution in [3.63, 3.8) is 0 Å². The van der Waals surface area contributed by atoms with Gasteiger partial charge in [-0.3, -0.25) is 4.79 Å². The molecule has 1 amide bonds. The molecule has 0 aliphatic carbocycles. The fourth-order valence-corrected chi connectivity index (χ4v) is 2.99. The van der Waals surface area contributed by atoms with Crippen molar-refractivity contribution in [1.29, 1.82) is 0 Å². The minimum atomic E-state index is -0.217. The number of hydrogen-bond donors (Lipinski definition) is 3. The summed E-state index contributed by atoms with van der Waals surface area (Å²) in [7, 11) is 1.65. The standard InChI is InChI=1S/C20H25N3O2/c1-14-3-5-15(6-4-14)11-12-21-20(24)19-13-18(22-23-19)16-7-9-17(25-2)10-8-16/h3-10,18-19,22-23H,11-13H2,1-2H3,(H,21,24). The molecule has 0 bridgehead atoms. The number of rotatable bonds is 6. The van der Waals surface area contributed by atoms with Crippen LogP contribution in [0.4, 0.5) is 0 Å². The number of methoxy groups -OCH3 is 1. The van der Waals surface area contributed by atoms with Crippen molar-refractivity contribution in [1.82, 2.24) is 16.2 Å². The van der Waals surface area contributed by atoms with E-state index in [2.05, 4.69) is 47.4 Å². The number of hydrogen-bond acceptors (Lipinski definition) is 4. The lowest BCUT2D eigenvalue weighted by atomic mass is 10.0. The van der Waals surface area contributed by atoms with Gasteiger partial charge in [-0.15, -0.1) is 0 Å². The first-order valence-electron chi connectivity index (χ1n) is 8.64. The fourth-order valence-electron chi connectivity index (χ4n) is 2.99. The van der Waals surface area contributed by atoms with E-state index in [-0.39, 0.29) is 18.0 Å². The van der Waals surface area contributed by atoms with Crippen LogP contribution in [0.1, 0.15) is 29.2 Å². The second-order valence-electron chi connectivity index (χ2n) is 6.43. The van der Waals surface area contributed by atoms with Crippen LogP contribution in [0.5, 0.6) is 5.75 Å². The first kappa shape index (κ1) is 17.5. The molecule has 3 rings (SSSR count). The molecular weight excluding hydrogens is 314 g/mol. The summed E-state index contributed by atoms with van der Waals surface area (Å²) in [5.41, 5.74) is 9.93. The quantitative estimate of drug-likeness (QED) is 0.755. The highest BCUT2D eigenvalue weighted by Gasteiger charge is 2.29. The van der Waals surface area contributed by atoms with E-state index in [1.165, 1.54) is 11.1 Å². The van der Waals surface area contributed by atoms with E-state index in [0.717, 1.165) is 24.2 Å². The van der Waals surface area contributed by atoms with Crippen molar-refractivity contribution >= 4 is 5.91 Å². The van der Waals surface area contributed by atoms with Crippen molar-refractivity contribution in [3.05, 3.63) is 65.2 Å². The predicted molar refractivity (Wildman–Crippen MR) is 98.3 cm³/mol. The summed E-state index contributed by atoms with van der Waals surface area (Å²) < 4.78 is 5.18. The predicted octanol–water partition coefficient (Wildman–Crippen LogP) is 2.27. The zero-order valence-corrected chi connectivity index (χ0v) is 14.7. The number of hydrazine groups is 1. The van der Waals surface area contributed by atoms with Crippen LogP contribution in [-0.4, -0.2) is 25.6 Å². The van der Waals surface area contributed by atoms with Crippen LogP contribution >= 0.6 is 0 Å². The van der Waals surface area contributed by atoms with Crippen LogP contribution in [0, 0.1) is 6.92 Å². The van der Waals surface area contributed by atoms with Gasteiger partial charge in [0.2, 0.25) is 5.91 Å². The minimum absolute atomic E-state index is 0.0376. The average molecular weight is 339 g/mol. The van der Waals surface area contributed by atoms with Crippen molar-refractivity contribution in [2.75, 3.05) is 13.7 Å². The van der Waals surface area contributed by atoms with E-state index < -0.39 is 0 Å². The van der Waals surface area contributed by atoms with E-state index in [9.17, 15) is 4.79 Å². The number of aryl methyl sites for hydroxylation is 1. The van der Waals surface area contributed by atoms with Crippen LogP contribution in [0.3, 0.4) is 0 Å². The Morgan fingerprint density at radius 1 is 1.12 bits per heavy atom. The highest BCUT2D eigenvalue weighted by atomic mass is 16.5. The number of nitrogens with one attached hydrogen (secondary N) is 3. The Labute approximate surface area is 148 Å². The van der Waals surface area contributed by atoms with E-state index >= 15 is 0 Å². The van der Waals surface area contributed by atoms with Gasteiger partial charge >= 0.3 is 0 Å². The van der Waals surface area contributed by atoms with Gasteiger partial charge in [-0.25, -0.2) is 10.9 Å². The SMILES string of the molecule is COc1ccc(C2CC(C(=O)NCCc3ccc(C)cc3)NN2)cc1. The molecule has 1 aliphatic rings. The number of carbonyl (C=O) groups is 1. The Hall–Kier alpha value is -2.37. The number of benzene rings is 2. The largest absolute Gasteiger partial charge is 0.497 e. The molecule has 5 nitrogen and oxygen atoms in total. The van der Waals surface area contributed by atoms with E-state index in [1.54, 1.807) is 7.11 Å². The third-order valence-electron chi connectivity index (χ3n) is 4.57. The van der Waals surface area contributed by atoms with Gasteiger partial charge < -0.3 is 10.1 Å². The fraction of sp³-hybridized carbons (Fsp3) is 0.350. The maximum Gasteiger partial charge on any atom is 0.238 e. The smallest absolute Gasteiger partial charge is 0.238 e. The first-order valence-corrected chi connectivity index (χ1v) is 8.64. The molecule has 0 aromatic heterocycles. The lowest BCUT2D eigenvalue weighted by Gasteiger charge is -2.11. The molecule has 3 N–H and O–H groups in total. The summed E-state index contributed by atoms with van der Waals surface area (Å²) in [4.78, 5) is 12.3. The lowest BCUT2D eigenvalue weighted by Crippen LogP contribution is -2.43. The summed E-state index contributed by atoms with van der Waals surface area (Å²) in [5, 5.41) is 3.02. The highest BCUT2D eigenvalue weighted by molar-refractivity contribution is 5.82. The monoisotopic (exact) mass is 339 g/mol. The van der Waals surface area contributed by atoms with E-state index in [0.29, 0.717) is 6.54 Å². The summed E-state index contributed by atoms with van der Waals surface area (Å²) in [6.07, 6.45) is 1.57. The van der Waals surface area contributed by atoms with Gasteiger partial charge in [-0.05, 0) is 43.0 Å². The molecule has 2 aromatic carbocycles. The minimum Gasteiger partial charge on any atom is -0.497 e. The molecular formula is C20H25N3O2. The lowest BCUT2D eigenvalue weighted by molar-refractivity contribution is -0.122. The summed E-state index contributed by atoms with van der Waals surface area (Å²) in [6, 6.07) is 16.2. The van der Waals surface area contributed by atoms with Crippen LogP contribution in [0.2, 0.25) is 0 Å². The Morgan fingerprint density at radius 2 is 1.84 bits per heavy atom. The second kappa shape index (κ2) is 8.14. The summed E-state index contributed by atoms with van der Waals surface area (Å²) >= 11 is 0. The number of amides is 1. The Morgan fingerprint density at radius 3 is 2.52 bits per heavy atom. The number of carbonyl (C=O) groups excluding carboxylic acids is 1. The van der Waals surface area contributed by atoms with Gasteiger partial charge in [0, 0.05) is 12.6 Å². The van der Waals surface area contributed by atoms with Gasteiger partial charge in [0.1, 0.15) is 11.8 Å². The molecule has 2 aromatic rings. The maximum absolute atomic E-state index is 12.3. The normalized spacial score (nSPS) is 19.6. The molecule has 0 spiro atoms.